The van der Waals surface area contributed by atoms with Gasteiger partial charge in [-0.1, -0.05) is 35.9 Å². The number of nitrogens with zero attached hydrogens (tertiary/aromatic N) is 4. The Morgan fingerprint density at radius 3 is 2.61 bits per heavy atom. The Kier molecular flexibility index (Phi) is 6.76. The fraction of sp³-hybridized carbons (Fsp3) is 0.318. The maximum absolute atomic E-state index is 13.2. The Morgan fingerprint density at radius 2 is 1.91 bits per heavy atom. The van der Waals surface area contributed by atoms with Gasteiger partial charge in [0.2, 0.25) is 5.13 Å². The number of halogens is 4. The van der Waals surface area contributed by atoms with Gasteiger partial charge in [-0.2, -0.15) is 17.5 Å². The molecule has 0 radical (unpaired) electrons. The van der Waals surface area contributed by atoms with Crippen LogP contribution in [0.2, 0.25) is 5.02 Å². The van der Waals surface area contributed by atoms with Gasteiger partial charge in [-0.15, -0.1) is 0 Å². The summed E-state index contributed by atoms with van der Waals surface area (Å²) in [5, 5.41) is 3.85. The van der Waals surface area contributed by atoms with E-state index in [2.05, 4.69) is 14.7 Å². The standard InChI is InChI=1S/C22H21ClF3N5OS/c1-14-13-30(21-28-19(29-33-21)12-15-6-8-16(23)9-7-15)10-11-31(14)20(32)27-18-5-3-2-4-17(18)22(24,25)26/h2-9,14H,10-13H2,1H3,(H,27,32). The predicted molar refractivity (Wildman–Crippen MR) is 123 cm³/mol. The Morgan fingerprint density at radius 1 is 1.18 bits per heavy atom. The smallest absolute Gasteiger partial charge is 0.343 e. The van der Waals surface area contributed by atoms with E-state index < -0.39 is 17.8 Å². The maximum atomic E-state index is 13.2. The minimum Gasteiger partial charge on any atom is -0.343 e. The molecule has 1 aliphatic heterocycles. The average Bonchev–Trinajstić information content (AvgIpc) is 3.23. The number of aromatic nitrogens is 2. The average molecular weight is 496 g/mol. The van der Waals surface area contributed by atoms with Crippen molar-refractivity contribution in [3.8, 4) is 0 Å². The Balaban J connectivity index is 1.38. The minimum atomic E-state index is -4.55. The van der Waals surface area contributed by atoms with Crippen LogP contribution in [0.5, 0.6) is 0 Å². The van der Waals surface area contributed by atoms with Crippen molar-refractivity contribution in [2.24, 2.45) is 0 Å². The molecular weight excluding hydrogens is 475 g/mol. The molecule has 6 nitrogen and oxygen atoms in total. The third kappa shape index (κ3) is 5.56. The SMILES string of the molecule is CC1CN(c2nc(Cc3ccc(Cl)cc3)ns2)CCN1C(=O)Nc1ccccc1C(F)(F)F. The van der Waals surface area contributed by atoms with E-state index in [-0.39, 0.29) is 11.7 Å². The second-order valence-electron chi connectivity index (χ2n) is 7.76. The first-order valence-electron chi connectivity index (χ1n) is 10.3. The first kappa shape index (κ1) is 23.3. The summed E-state index contributed by atoms with van der Waals surface area (Å²) in [5.41, 5.74) is -0.0648. The molecule has 1 aliphatic rings. The largest absolute Gasteiger partial charge is 0.418 e. The van der Waals surface area contributed by atoms with E-state index in [1.807, 2.05) is 36.1 Å². The first-order valence-corrected chi connectivity index (χ1v) is 11.4. The van der Waals surface area contributed by atoms with Gasteiger partial charge < -0.3 is 15.1 Å². The van der Waals surface area contributed by atoms with Gasteiger partial charge in [0.1, 0.15) is 5.82 Å². The van der Waals surface area contributed by atoms with E-state index in [1.165, 1.54) is 29.7 Å². The summed E-state index contributed by atoms with van der Waals surface area (Å²) in [4.78, 5) is 20.9. The topological polar surface area (TPSA) is 61.4 Å². The molecule has 11 heteroatoms. The number of para-hydroxylation sites is 1. The minimum absolute atomic E-state index is 0.222. The number of amides is 2. The summed E-state index contributed by atoms with van der Waals surface area (Å²) in [7, 11) is 0. The van der Waals surface area contributed by atoms with Gasteiger partial charge in [-0.25, -0.2) is 9.78 Å². The number of hydrogen-bond donors (Lipinski definition) is 1. The molecule has 174 valence electrons. The molecule has 2 amide bonds. The van der Waals surface area contributed by atoms with Crippen molar-refractivity contribution in [1.82, 2.24) is 14.3 Å². The van der Waals surface area contributed by atoms with Crippen molar-refractivity contribution < 1.29 is 18.0 Å². The molecule has 1 saturated heterocycles. The zero-order chi connectivity index (χ0) is 23.6. The third-order valence-corrected chi connectivity index (χ3v) is 6.43. The van der Waals surface area contributed by atoms with Gasteiger partial charge in [0.15, 0.2) is 0 Å². The van der Waals surface area contributed by atoms with Gasteiger partial charge in [-0.05, 0) is 36.8 Å². The highest BCUT2D eigenvalue weighted by Gasteiger charge is 2.35. The van der Waals surface area contributed by atoms with Crippen LogP contribution in [0.1, 0.15) is 23.9 Å². The molecule has 1 N–H and O–H groups in total. The number of hydrogen-bond acceptors (Lipinski definition) is 5. The van der Waals surface area contributed by atoms with Crippen molar-refractivity contribution >= 4 is 40.0 Å². The molecule has 1 unspecified atom stereocenters. The van der Waals surface area contributed by atoms with Gasteiger partial charge in [0.05, 0.1) is 11.3 Å². The van der Waals surface area contributed by atoms with Crippen LogP contribution >= 0.6 is 23.1 Å². The molecule has 0 aliphatic carbocycles. The molecule has 2 heterocycles. The summed E-state index contributed by atoms with van der Waals surface area (Å²) in [6.45, 7) is 3.22. The first-order chi connectivity index (χ1) is 15.7. The highest BCUT2D eigenvalue weighted by Crippen LogP contribution is 2.35. The highest BCUT2D eigenvalue weighted by molar-refractivity contribution is 7.09. The van der Waals surface area contributed by atoms with Crippen molar-refractivity contribution in [2.75, 3.05) is 29.9 Å². The van der Waals surface area contributed by atoms with E-state index in [4.69, 9.17) is 11.6 Å². The second kappa shape index (κ2) is 9.56. The van der Waals surface area contributed by atoms with Crippen LogP contribution in [0.25, 0.3) is 0 Å². The molecule has 0 saturated carbocycles. The number of benzene rings is 2. The Labute approximate surface area is 198 Å². The Hall–Kier alpha value is -2.85. The van der Waals surface area contributed by atoms with Gasteiger partial charge in [0, 0.05) is 48.7 Å². The summed E-state index contributed by atoms with van der Waals surface area (Å²) in [6, 6.07) is 11.7. The number of carbonyl (C=O) groups is 1. The van der Waals surface area contributed by atoms with Crippen LogP contribution in [-0.4, -0.2) is 46.0 Å². The summed E-state index contributed by atoms with van der Waals surface area (Å²) in [6.07, 6.45) is -3.96. The van der Waals surface area contributed by atoms with E-state index in [0.717, 1.165) is 16.8 Å². The summed E-state index contributed by atoms with van der Waals surface area (Å²) in [5.74, 6) is 0.703. The summed E-state index contributed by atoms with van der Waals surface area (Å²) >= 11 is 7.21. The number of piperazine rings is 1. The predicted octanol–water partition coefficient (Wildman–Crippen LogP) is 5.54. The molecule has 2 aromatic carbocycles. The molecule has 33 heavy (non-hydrogen) atoms. The van der Waals surface area contributed by atoms with Crippen LogP contribution < -0.4 is 10.2 Å². The van der Waals surface area contributed by atoms with Gasteiger partial charge >= 0.3 is 12.2 Å². The van der Waals surface area contributed by atoms with Crippen LogP contribution in [0.4, 0.5) is 28.8 Å². The molecule has 1 fully saturated rings. The Bertz CT molecular complexity index is 1120. The highest BCUT2D eigenvalue weighted by atomic mass is 35.5. The van der Waals surface area contributed by atoms with Crippen LogP contribution in [0.15, 0.2) is 48.5 Å². The molecule has 4 rings (SSSR count). The zero-order valence-electron chi connectivity index (χ0n) is 17.6. The molecule has 1 aromatic heterocycles. The van der Waals surface area contributed by atoms with Crippen molar-refractivity contribution in [2.45, 2.75) is 25.6 Å². The van der Waals surface area contributed by atoms with Crippen LogP contribution in [0, 0.1) is 0 Å². The van der Waals surface area contributed by atoms with Gasteiger partial charge in [0.25, 0.3) is 0 Å². The number of nitrogens with one attached hydrogen (secondary N) is 1. The van der Waals surface area contributed by atoms with Gasteiger partial charge in [-0.3, -0.25) is 0 Å². The zero-order valence-corrected chi connectivity index (χ0v) is 19.2. The second-order valence-corrected chi connectivity index (χ2v) is 8.93. The quantitative estimate of drug-likeness (QED) is 0.516. The van der Waals surface area contributed by atoms with Crippen molar-refractivity contribution in [3.63, 3.8) is 0 Å². The molecule has 3 aromatic rings. The van der Waals surface area contributed by atoms with Crippen molar-refractivity contribution in [1.29, 1.82) is 0 Å². The van der Waals surface area contributed by atoms with Crippen LogP contribution in [0.3, 0.4) is 0 Å². The fourth-order valence-electron chi connectivity index (χ4n) is 3.69. The maximum Gasteiger partial charge on any atom is 0.418 e. The number of carbonyl (C=O) groups excluding carboxylic acids is 1. The van der Waals surface area contributed by atoms with E-state index in [1.54, 1.807) is 4.90 Å². The number of urea groups is 1. The van der Waals surface area contributed by atoms with Crippen molar-refractivity contribution in [3.05, 3.63) is 70.5 Å². The molecule has 1 atom stereocenters. The van der Waals surface area contributed by atoms with E-state index >= 15 is 0 Å². The number of anilines is 2. The monoisotopic (exact) mass is 495 g/mol. The lowest BCUT2D eigenvalue weighted by atomic mass is 10.1. The lowest BCUT2D eigenvalue weighted by molar-refractivity contribution is -0.136. The molecule has 0 bridgehead atoms. The normalized spacial score (nSPS) is 16.7. The lowest BCUT2D eigenvalue weighted by Crippen LogP contribution is -2.55. The molecular formula is C22H21ClF3N5OS. The lowest BCUT2D eigenvalue weighted by Gasteiger charge is -2.39. The third-order valence-electron chi connectivity index (χ3n) is 5.37. The fourth-order valence-corrected chi connectivity index (χ4v) is 4.54. The number of alkyl halides is 3. The summed E-state index contributed by atoms with van der Waals surface area (Å²) < 4.78 is 44.1. The molecule has 0 spiro atoms. The van der Waals surface area contributed by atoms with E-state index in [0.29, 0.717) is 36.9 Å². The number of rotatable bonds is 4. The van der Waals surface area contributed by atoms with Crippen LogP contribution in [-0.2, 0) is 12.6 Å². The van der Waals surface area contributed by atoms with E-state index in [9.17, 15) is 18.0 Å².